The second-order valence-electron chi connectivity index (χ2n) is 6.81. The van der Waals surface area contributed by atoms with E-state index in [1.807, 2.05) is 23.1 Å². The minimum atomic E-state index is 0.277. The number of hydrogen-bond donors (Lipinski definition) is 1. The molecule has 1 heterocycles. The zero-order chi connectivity index (χ0) is 16.7. The van der Waals surface area contributed by atoms with Gasteiger partial charge >= 0.3 is 0 Å². The molecule has 1 atom stereocenters. The Balaban J connectivity index is 1.89. The van der Waals surface area contributed by atoms with Crippen molar-refractivity contribution in [1.82, 2.24) is 10.2 Å². The van der Waals surface area contributed by atoms with Crippen molar-refractivity contribution in [1.29, 1.82) is 0 Å². The van der Waals surface area contributed by atoms with Crippen molar-refractivity contribution < 1.29 is 9.53 Å². The minimum Gasteiger partial charge on any atom is -0.493 e. The highest BCUT2D eigenvalue weighted by molar-refractivity contribution is 5.76. The first kappa shape index (κ1) is 17.8. The van der Waals surface area contributed by atoms with Crippen LogP contribution in [0, 0.1) is 5.92 Å². The summed E-state index contributed by atoms with van der Waals surface area (Å²) in [5, 5.41) is 3.28. The molecular formula is C19H30N2O2. The summed E-state index contributed by atoms with van der Waals surface area (Å²) >= 11 is 0. The van der Waals surface area contributed by atoms with Crippen molar-refractivity contribution in [3.05, 3.63) is 29.8 Å². The average molecular weight is 318 g/mol. The Labute approximate surface area is 140 Å². The van der Waals surface area contributed by atoms with Crippen molar-refractivity contribution in [2.45, 2.75) is 39.5 Å². The summed E-state index contributed by atoms with van der Waals surface area (Å²) in [7, 11) is 0. The number of rotatable bonds is 7. The van der Waals surface area contributed by atoms with Crippen molar-refractivity contribution in [3.63, 3.8) is 0 Å². The van der Waals surface area contributed by atoms with Gasteiger partial charge in [0.2, 0.25) is 5.91 Å². The van der Waals surface area contributed by atoms with Gasteiger partial charge < -0.3 is 15.0 Å². The van der Waals surface area contributed by atoms with E-state index < -0.39 is 0 Å². The summed E-state index contributed by atoms with van der Waals surface area (Å²) in [6.07, 6.45) is 1.48. The first-order valence-electron chi connectivity index (χ1n) is 8.78. The summed E-state index contributed by atoms with van der Waals surface area (Å²) < 4.78 is 5.94. The van der Waals surface area contributed by atoms with Gasteiger partial charge in [0.15, 0.2) is 0 Å². The van der Waals surface area contributed by atoms with Crippen molar-refractivity contribution in [2.75, 3.05) is 32.8 Å². The second kappa shape index (κ2) is 8.92. The molecule has 128 valence electrons. The number of ether oxygens (including phenoxy) is 1. The van der Waals surface area contributed by atoms with Crippen LogP contribution in [-0.2, 0) is 4.79 Å². The summed E-state index contributed by atoms with van der Waals surface area (Å²) in [6.45, 7) is 10.7. The molecule has 4 heteroatoms. The molecule has 1 aliphatic heterocycles. The Bertz CT molecular complexity index is 496. The minimum absolute atomic E-state index is 0.277. The molecule has 1 N–H and O–H groups in total. The predicted octanol–water partition coefficient (Wildman–Crippen LogP) is 3.04. The van der Waals surface area contributed by atoms with E-state index in [-0.39, 0.29) is 5.91 Å². The molecule has 0 spiro atoms. The number of carbonyl (C=O) groups excluding carboxylic acids is 1. The van der Waals surface area contributed by atoms with E-state index in [0.717, 1.165) is 45.0 Å². The van der Waals surface area contributed by atoms with E-state index >= 15 is 0 Å². The molecule has 1 aromatic rings. The SMILES string of the molecule is CC(C)COc1ccccc1C(C)CCC(=O)N1CCNCC1. The van der Waals surface area contributed by atoms with Crippen LogP contribution in [0.4, 0.5) is 0 Å². The number of piperazine rings is 1. The molecule has 0 radical (unpaired) electrons. The van der Waals surface area contributed by atoms with Crippen LogP contribution < -0.4 is 10.1 Å². The topological polar surface area (TPSA) is 41.6 Å². The van der Waals surface area contributed by atoms with E-state index in [1.165, 1.54) is 5.56 Å². The lowest BCUT2D eigenvalue weighted by atomic mass is 9.95. The normalized spacial score (nSPS) is 16.4. The zero-order valence-electron chi connectivity index (χ0n) is 14.7. The first-order chi connectivity index (χ1) is 11.1. The van der Waals surface area contributed by atoms with Gasteiger partial charge in [0.05, 0.1) is 6.61 Å². The Kier molecular flexibility index (Phi) is 6.90. The number of carbonyl (C=O) groups is 1. The summed E-state index contributed by atoms with van der Waals surface area (Å²) in [5.41, 5.74) is 1.21. The number of benzene rings is 1. The molecule has 1 saturated heterocycles. The lowest BCUT2D eigenvalue weighted by Gasteiger charge is -2.28. The third kappa shape index (κ3) is 5.54. The monoisotopic (exact) mass is 318 g/mol. The van der Waals surface area contributed by atoms with Crippen LogP contribution >= 0.6 is 0 Å². The molecule has 0 aliphatic carbocycles. The van der Waals surface area contributed by atoms with Crippen LogP contribution in [0.5, 0.6) is 5.75 Å². The lowest BCUT2D eigenvalue weighted by molar-refractivity contribution is -0.131. The Morgan fingerprint density at radius 3 is 2.61 bits per heavy atom. The number of hydrogen-bond acceptors (Lipinski definition) is 3. The third-order valence-corrected chi connectivity index (χ3v) is 4.28. The molecule has 2 rings (SSSR count). The summed E-state index contributed by atoms with van der Waals surface area (Å²) in [4.78, 5) is 14.3. The summed E-state index contributed by atoms with van der Waals surface area (Å²) in [5.74, 6) is 2.07. The van der Waals surface area contributed by atoms with Gasteiger partial charge in [0.1, 0.15) is 5.75 Å². The number of nitrogens with one attached hydrogen (secondary N) is 1. The predicted molar refractivity (Wildman–Crippen MR) is 93.9 cm³/mol. The van der Waals surface area contributed by atoms with Crippen LogP contribution in [0.3, 0.4) is 0 Å². The van der Waals surface area contributed by atoms with Crippen LogP contribution in [-0.4, -0.2) is 43.6 Å². The smallest absolute Gasteiger partial charge is 0.222 e. The van der Waals surface area contributed by atoms with Gasteiger partial charge in [-0.15, -0.1) is 0 Å². The molecule has 1 unspecified atom stereocenters. The van der Waals surface area contributed by atoms with Crippen LogP contribution in [0.2, 0.25) is 0 Å². The molecular weight excluding hydrogens is 288 g/mol. The lowest BCUT2D eigenvalue weighted by Crippen LogP contribution is -2.46. The maximum absolute atomic E-state index is 12.3. The van der Waals surface area contributed by atoms with E-state index in [4.69, 9.17) is 4.74 Å². The van der Waals surface area contributed by atoms with E-state index in [0.29, 0.717) is 18.3 Å². The van der Waals surface area contributed by atoms with Gasteiger partial charge in [-0.2, -0.15) is 0 Å². The van der Waals surface area contributed by atoms with Crippen molar-refractivity contribution >= 4 is 5.91 Å². The standard InChI is InChI=1S/C19H30N2O2/c1-15(2)14-23-18-7-5-4-6-17(18)16(3)8-9-19(22)21-12-10-20-11-13-21/h4-7,15-16,20H,8-14H2,1-3H3. The van der Waals surface area contributed by atoms with Crippen LogP contribution in [0.25, 0.3) is 0 Å². The fourth-order valence-corrected chi connectivity index (χ4v) is 2.84. The van der Waals surface area contributed by atoms with Crippen LogP contribution in [0.1, 0.15) is 45.1 Å². The molecule has 1 aliphatic rings. The Morgan fingerprint density at radius 2 is 1.91 bits per heavy atom. The Hall–Kier alpha value is -1.55. The van der Waals surface area contributed by atoms with E-state index in [1.54, 1.807) is 0 Å². The molecule has 1 fully saturated rings. The van der Waals surface area contributed by atoms with Gasteiger partial charge in [0, 0.05) is 32.6 Å². The fraction of sp³-hybridized carbons (Fsp3) is 0.632. The van der Waals surface area contributed by atoms with Crippen molar-refractivity contribution in [3.8, 4) is 5.75 Å². The number of amides is 1. The molecule has 0 bridgehead atoms. The molecule has 0 saturated carbocycles. The maximum atomic E-state index is 12.3. The number of para-hydroxylation sites is 1. The number of nitrogens with zero attached hydrogens (tertiary/aromatic N) is 1. The fourth-order valence-electron chi connectivity index (χ4n) is 2.84. The van der Waals surface area contributed by atoms with Crippen molar-refractivity contribution in [2.24, 2.45) is 5.92 Å². The highest BCUT2D eigenvalue weighted by Gasteiger charge is 2.18. The molecule has 1 amide bonds. The van der Waals surface area contributed by atoms with Gasteiger partial charge in [-0.25, -0.2) is 0 Å². The van der Waals surface area contributed by atoms with Crippen LogP contribution in [0.15, 0.2) is 24.3 Å². The molecule has 23 heavy (non-hydrogen) atoms. The maximum Gasteiger partial charge on any atom is 0.222 e. The highest BCUT2D eigenvalue weighted by Crippen LogP contribution is 2.30. The largest absolute Gasteiger partial charge is 0.493 e. The van der Waals surface area contributed by atoms with E-state index in [2.05, 4.69) is 32.2 Å². The third-order valence-electron chi connectivity index (χ3n) is 4.28. The Morgan fingerprint density at radius 1 is 1.22 bits per heavy atom. The van der Waals surface area contributed by atoms with Gasteiger partial charge in [-0.1, -0.05) is 39.0 Å². The second-order valence-corrected chi connectivity index (χ2v) is 6.81. The quantitative estimate of drug-likeness (QED) is 0.840. The van der Waals surface area contributed by atoms with Gasteiger partial charge in [-0.3, -0.25) is 4.79 Å². The summed E-state index contributed by atoms with van der Waals surface area (Å²) in [6, 6.07) is 8.21. The molecule has 1 aromatic carbocycles. The molecule has 4 nitrogen and oxygen atoms in total. The highest BCUT2D eigenvalue weighted by atomic mass is 16.5. The van der Waals surface area contributed by atoms with Gasteiger partial charge in [0.25, 0.3) is 0 Å². The molecule has 0 aromatic heterocycles. The first-order valence-corrected chi connectivity index (χ1v) is 8.78. The van der Waals surface area contributed by atoms with E-state index in [9.17, 15) is 4.79 Å². The average Bonchev–Trinajstić information content (AvgIpc) is 2.58. The zero-order valence-corrected chi connectivity index (χ0v) is 14.7. The van der Waals surface area contributed by atoms with Gasteiger partial charge in [-0.05, 0) is 29.9 Å².